The summed E-state index contributed by atoms with van der Waals surface area (Å²) in [5, 5.41) is 28.5. The first-order chi connectivity index (χ1) is 8.84. The summed E-state index contributed by atoms with van der Waals surface area (Å²) < 4.78 is 32.6. The van der Waals surface area contributed by atoms with Crippen LogP contribution >= 0.6 is 15.6 Å². The quantitative estimate of drug-likeness (QED) is 0.205. The Balaban J connectivity index is -0.0000000333. The molecule has 0 aromatic rings. The van der Waals surface area contributed by atoms with Crippen molar-refractivity contribution >= 4 is 15.6 Å². The van der Waals surface area contributed by atoms with Crippen molar-refractivity contribution in [3.05, 3.63) is 0 Å². The van der Waals surface area contributed by atoms with Crippen molar-refractivity contribution in [3.8, 4) is 0 Å². The predicted molar refractivity (Wildman–Crippen MR) is 79.0 cm³/mol. The Bertz CT molecular complexity index is 453. The molecule has 1 aliphatic rings. The first-order valence-electron chi connectivity index (χ1n) is 4.93. The van der Waals surface area contributed by atoms with Crippen molar-refractivity contribution in [2.24, 2.45) is 0 Å². The average molecular weight is 550 g/mol. The van der Waals surface area contributed by atoms with Crippen LogP contribution in [-0.4, -0.2) is 96.4 Å². The van der Waals surface area contributed by atoms with E-state index in [1.807, 2.05) is 0 Å². The van der Waals surface area contributed by atoms with E-state index in [1.165, 1.54) is 0 Å². The molecule has 1 rings (SSSR count). The van der Waals surface area contributed by atoms with Crippen LogP contribution in [0.2, 0.25) is 0 Å². The number of hydrogen-bond acceptors (Lipinski definition) is 12. The maximum atomic E-state index is 10.3. The molecule has 25 heteroatoms. The summed E-state index contributed by atoms with van der Waals surface area (Å²) in [6.45, 7) is -2.37. The second-order valence-corrected chi connectivity index (χ2v) is 6.21. The molecule has 19 N–H and O–H groups in total. The molecule has 0 bridgehead atoms. The minimum absolute atomic E-state index is 0. The first-order valence-corrected chi connectivity index (χ1v) is 7.86. The maximum Gasteiger partial charge on any atom is 1.00 e. The first kappa shape index (κ1) is 69.9. The molecule has 0 aliphatic carbocycles. The predicted octanol–water partition coefficient (Wildman–Crippen LogP) is -21.0. The van der Waals surface area contributed by atoms with Crippen LogP contribution in [-0.2, 0) is 22.9 Å². The van der Waals surface area contributed by atoms with Gasteiger partial charge in [0.2, 0.25) is 5.79 Å². The number of ether oxygens (including phenoxy) is 1. The van der Waals surface area contributed by atoms with Crippen LogP contribution in [0.25, 0.3) is 0 Å². The van der Waals surface area contributed by atoms with E-state index in [2.05, 4.69) is 13.8 Å². The van der Waals surface area contributed by atoms with Crippen molar-refractivity contribution in [1.82, 2.24) is 0 Å². The van der Waals surface area contributed by atoms with Crippen LogP contribution in [0.1, 0.15) is 1.43 Å². The zero-order chi connectivity index (χ0) is 15.8. The van der Waals surface area contributed by atoms with E-state index in [9.17, 15) is 44.0 Å². The van der Waals surface area contributed by atoms with E-state index in [0.29, 0.717) is 0 Å². The molecule has 4 unspecified atom stereocenters. The molecule has 0 amide bonds. The van der Waals surface area contributed by atoms with Gasteiger partial charge in [-0.25, -0.2) is 0 Å². The third kappa shape index (κ3) is 25.6. The fourth-order valence-electron chi connectivity index (χ4n) is 1.46. The molecule has 0 spiro atoms. The van der Waals surface area contributed by atoms with E-state index in [-0.39, 0.29) is 134 Å². The van der Waals surface area contributed by atoms with Crippen LogP contribution in [0.3, 0.4) is 0 Å². The topological polar surface area (TPSA) is 467 Å². The zero-order valence-corrected chi connectivity index (χ0v) is 24.3. The summed E-state index contributed by atoms with van der Waals surface area (Å²) in [6, 6.07) is 0. The van der Waals surface area contributed by atoms with Crippen molar-refractivity contribution in [1.29, 1.82) is 0 Å². The van der Waals surface area contributed by atoms with E-state index in [1.54, 1.807) is 0 Å². The van der Waals surface area contributed by atoms with E-state index >= 15 is 0 Å². The Morgan fingerprint density at radius 1 is 0.806 bits per heavy atom. The van der Waals surface area contributed by atoms with Crippen LogP contribution in [0.5, 0.6) is 0 Å². The number of hydrogen-bond donors (Lipinski definition) is 3. The number of phosphoric ester groups is 2. The van der Waals surface area contributed by atoms with Crippen molar-refractivity contribution in [3.63, 3.8) is 0 Å². The minimum atomic E-state index is -5.48. The molecule has 184 valence electrons. The van der Waals surface area contributed by atoms with Gasteiger partial charge in [0.1, 0.15) is 24.9 Å². The van der Waals surface area contributed by atoms with Gasteiger partial charge in [0.25, 0.3) is 0 Å². The van der Waals surface area contributed by atoms with Gasteiger partial charge in [-0.3, -0.25) is 0 Å². The molecular weight excluding hydrogens is 523 g/mol. The van der Waals surface area contributed by atoms with Gasteiger partial charge in [-0.05, 0) is 0 Å². The van der Waals surface area contributed by atoms with Gasteiger partial charge in [0, 0.05) is 0 Å². The largest absolute Gasteiger partial charge is 1.00 e. The summed E-state index contributed by atoms with van der Waals surface area (Å²) in [6.07, 6.45) is -5.69. The van der Waals surface area contributed by atoms with Crippen LogP contribution in [0.4, 0.5) is 0 Å². The van der Waals surface area contributed by atoms with E-state index in [4.69, 9.17) is 0 Å². The molecule has 0 saturated carbocycles. The van der Waals surface area contributed by atoms with Crippen LogP contribution in [0.15, 0.2) is 0 Å². The van der Waals surface area contributed by atoms with Crippen molar-refractivity contribution in [2.45, 2.75) is 24.1 Å². The fraction of sp³-hybridized carbons (Fsp3) is 1.00. The smallest absolute Gasteiger partial charge is 0.790 e. The number of phosphoric acid groups is 2. The van der Waals surface area contributed by atoms with Gasteiger partial charge in [-0.2, -0.15) is 0 Å². The molecule has 1 heterocycles. The van der Waals surface area contributed by atoms with Gasteiger partial charge in [-0.1, -0.05) is 0 Å². The summed E-state index contributed by atoms with van der Waals surface area (Å²) in [4.78, 5) is 41.0. The molecular formula is C6H27Na3O20P2. The molecule has 31 heavy (non-hydrogen) atoms. The molecule has 0 aromatic heterocycles. The molecule has 1 fully saturated rings. The van der Waals surface area contributed by atoms with Gasteiger partial charge in [-0.15, -0.1) is 0 Å². The molecule has 4 atom stereocenters. The van der Waals surface area contributed by atoms with Gasteiger partial charge in [0.15, 0.2) is 0 Å². The van der Waals surface area contributed by atoms with Gasteiger partial charge in [0.05, 0.1) is 22.3 Å². The van der Waals surface area contributed by atoms with E-state index in [0.717, 1.165) is 0 Å². The normalized spacial score (nSPS) is 22.9. The minimum Gasteiger partial charge on any atom is -0.790 e. The summed E-state index contributed by atoms with van der Waals surface area (Å²) in [5.74, 6) is -2.78. The number of rotatable bonds is 6. The molecule has 20 nitrogen and oxygen atoms in total. The summed E-state index contributed by atoms with van der Waals surface area (Å²) in [5.41, 5.74) is 0. The third-order valence-corrected chi connectivity index (χ3v) is 3.26. The van der Waals surface area contributed by atoms with Crippen molar-refractivity contribution in [2.75, 3.05) is 13.2 Å². The third-order valence-electron chi connectivity index (χ3n) is 2.35. The number of aliphatic hydroxyl groups is 3. The molecule has 0 radical (unpaired) electrons. The Kier molecular flexibility index (Phi) is 61.7. The fourth-order valence-corrected chi connectivity index (χ4v) is 2.13. The Morgan fingerprint density at radius 3 is 1.42 bits per heavy atom. The Labute approximate surface area is 242 Å². The monoisotopic (exact) mass is 550 g/mol. The van der Waals surface area contributed by atoms with Crippen LogP contribution in [0, 0.1) is 0 Å². The Hall–Kier alpha value is 2.74. The van der Waals surface area contributed by atoms with Gasteiger partial charge >= 0.3 is 90.1 Å². The second kappa shape index (κ2) is 27.3. The molecule has 0 aromatic carbocycles. The van der Waals surface area contributed by atoms with E-state index < -0.39 is 53.0 Å². The summed E-state index contributed by atoms with van der Waals surface area (Å²) in [7, 11) is -10.9. The zero-order valence-electron chi connectivity index (χ0n) is 17.6. The Morgan fingerprint density at radius 2 is 1.13 bits per heavy atom. The summed E-state index contributed by atoms with van der Waals surface area (Å²) >= 11 is 0. The van der Waals surface area contributed by atoms with Crippen LogP contribution < -0.4 is 108 Å². The SMILES string of the molecule is O.O.O.O.O.O.O.O.O=P([O-])([O-])OCC1OC(O)(COP(=O)([O-])[O-])C(O)C1O.[H+].[Na+].[Na+].[Na+]. The van der Waals surface area contributed by atoms with Gasteiger partial charge < -0.3 is 102 Å². The number of aliphatic hydroxyl groups excluding tert-OH is 2. The molecule has 1 saturated heterocycles. The standard InChI is InChI=1S/C6H14O12P2.3Na.8H2O/c7-4-3(1-16-19(10,11)12)18-6(9,5(4)8)2-17-20(13,14)15;;;;;;;;;;;/h3-5,7-9H,1-2H2,(H2,10,11,12)(H2,13,14,15);;;;8*1H2/q;3*+1;;;;;;;;/p-3. The second-order valence-electron chi connectivity index (χ2n) is 3.90. The molecule has 1 aliphatic heterocycles. The van der Waals surface area contributed by atoms with Crippen molar-refractivity contribution < 1.29 is 192 Å². The average Bonchev–Trinajstić information content (AvgIpc) is 2.48. The maximum absolute atomic E-state index is 10.3.